The van der Waals surface area contributed by atoms with Gasteiger partial charge in [0.25, 0.3) is 17.3 Å². The number of benzene rings is 1. The van der Waals surface area contributed by atoms with E-state index in [1.165, 1.54) is 4.90 Å². The van der Waals surface area contributed by atoms with Crippen LogP contribution < -0.4 is 4.90 Å². The molecule has 1 N–H and O–H groups in total. The number of halogens is 2. The highest BCUT2D eigenvalue weighted by molar-refractivity contribution is 9.09. The number of nitro benzene ring substituents is 2. The molecule has 156 valence electrons. The number of non-ortho nitro benzene ring substituents is 1. The van der Waals surface area contributed by atoms with Crippen LogP contribution in [-0.4, -0.2) is 68.7 Å². The molecule has 28 heavy (non-hydrogen) atoms. The van der Waals surface area contributed by atoms with Crippen LogP contribution in [0.15, 0.2) is 12.1 Å². The van der Waals surface area contributed by atoms with Gasteiger partial charge in [0.2, 0.25) is 0 Å². The van der Waals surface area contributed by atoms with E-state index in [0.717, 1.165) is 12.1 Å². The number of carbonyl (C=O) groups excluding carboxylic acids is 1. The van der Waals surface area contributed by atoms with Gasteiger partial charge >= 0.3 is 0 Å². The minimum atomic E-state index is -0.765. The standard InChI is InChI=1S/C16H22Br2N4O6/c1-11(2)20(7-8-23)16(24)13-9-12(21(25)26)10-14(22(27)28)15(13)19(5-3-17)6-4-18/h9-11,23H,3-8H2,1-2H3. The second-order valence-corrected chi connectivity index (χ2v) is 7.64. The van der Waals surface area contributed by atoms with Crippen molar-refractivity contribution in [2.45, 2.75) is 19.9 Å². The van der Waals surface area contributed by atoms with E-state index in [2.05, 4.69) is 31.9 Å². The first-order valence-electron chi connectivity index (χ1n) is 8.45. The van der Waals surface area contributed by atoms with E-state index in [4.69, 9.17) is 0 Å². The normalized spacial score (nSPS) is 10.8. The molecule has 0 saturated carbocycles. The number of aliphatic hydroxyl groups is 1. The molecule has 1 aromatic carbocycles. The summed E-state index contributed by atoms with van der Waals surface area (Å²) in [7, 11) is 0. The summed E-state index contributed by atoms with van der Waals surface area (Å²) in [6.45, 7) is 3.87. The van der Waals surface area contributed by atoms with Crippen molar-refractivity contribution < 1.29 is 19.7 Å². The van der Waals surface area contributed by atoms with Crippen molar-refractivity contribution in [1.29, 1.82) is 0 Å². The molecule has 1 amide bonds. The van der Waals surface area contributed by atoms with Gasteiger partial charge in [0.1, 0.15) is 5.69 Å². The molecule has 0 unspecified atom stereocenters. The molecule has 0 radical (unpaired) electrons. The molecule has 0 heterocycles. The maximum absolute atomic E-state index is 13.2. The Bertz CT molecular complexity index is 725. The van der Waals surface area contributed by atoms with Crippen molar-refractivity contribution in [3.8, 4) is 0 Å². The van der Waals surface area contributed by atoms with Gasteiger partial charge in [-0.05, 0) is 13.8 Å². The predicted molar refractivity (Wildman–Crippen MR) is 113 cm³/mol. The molecular formula is C16H22Br2N4O6. The number of anilines is 1. The summed E-state index contributed by atoms with van der Waals surface area (Å²) < 4.78 is 0. The van der Waals surface area contributed by atoms with Crippen LogP contribution in [0.3, 0.4) is 0 Å². The highest BCUT2D eigenvalue weighted by Gasteiger charge is 2.33. The zero-order chi connectivity index (χ0) is 21.4. The molecule has 1 aromatic rings. The fraction of sp³-hybridized carbons (Fsp3) is 0.562. The summed E-state index contributed by atoms with van der Waals surface area (Å²) in [6.07, 6.45) is 0. The zero-order valence-corrected chi connectivity index (χ0v) is 18.7. The number of hydrogen-bond donors (Lipinski definition) is 1. The third-order valence-corrected chi connectivity index (χ3v) is 4.67. The van der Waals surface area contributed by atoms with Crippen molar-refractivity contribution in [2.24, 2.45) is 0 Å². The van der Waals surface area contributed by atoms with Crippen molar-refractivity contribution in [3.05, 3.63) is 37.9 Å². The molecule has 0 aliphatic heterocycles. The first kappa shape index (κ1) is 24.2. The first-order valence-corrected chi connectivity index (χ1v) is 10.7. The van der Waals surface area contributed by atoms with Crippen LogP contribution in [0.1, 0.15) is 24.2 Å². The second kappa shape index (κ2) is 11.3. The fourth-order valence-corrected chi connectivity index (χ4v) is 3.60. The number of rotatable bonds is 11. The lowest BCUT2D eigenvalue weighted by molar-refractivity contribution is -0.393. The average molecular weight is 526 g/mol. The zero-order valence-electron chi connectivity index (χ0n) is 15.5. The largest absolute Gasteiger partial charge is 0.395 e. The van der Waals surface area contributed by atoms with Crippen molar-refractivity contribution in [2.75, 3.05) is 41.8 Å². The molecule has 0 fully saturated rings. The molecule has 0 aliphatic carbocycles. The van der Waals surface area contributed by atoms with Crippen LogP contribution in [0, 0.1) is 20.2 Å². The Kier molecular flexibility index (Phi) is 9.76. The van der Waals surface area contributed by atoms with E-state index < -0.39 is 27.1 Å². The Hall–Kier alpha value is -1.79. The highest BCUT2D eigenvalue weighted by Crippen LogP contribution is 2.37. The third kappa shape index (κ3) is 5.85. The maximum atomic E-state index is 13.2. The van der Waals surface area contributed by atoms with Gasteiger partial charge in [0, 0.05) is 42.4 Å². The van der Waals surface area contributed by atoms with Crippen LogP contribution in [-0.2, 0) is 0 Å². The molecule has 0 atom stereocenters. The Morgan fingerprint density at radius 2 is 1.68 bits per heavy atom. The van der Waals surface area contributed by atoms with Gasteiger partial charge in [0.05, 0.1) is 28.1 Å². The predicted octanol–water partition coefficient (Wildman–Crippen LogP) is 2.94. The number of carbonyl (C=O) groups is 1. The van der Waals surface area contributed by atoms with Gasteiger partial charge in [-0.2, -0.15) is 0 Å². The fourth-order valence-electron chi connectivity index (χ4n) is 2.74. The average Bonchev–Trinajstić information content (AvgIpc) is 2.63. The number of nitro groups is 2. The van der Waals surface area contributed by atoms with Gasteiger partial charge in [-0.3, -0.25) is 25.0 Å². The quantitative estimate of drug-likeness (QED) is 0.267. The van der Waals surface area contributed by atoms with Gasteiger partial charge < -0.3 is 14.9 Å². The van der Waals surface area contributed by atoms with Crippen LogP contribution in [0.25, 0.3) is 0 Å². The number of nitrogens with zero attached hydrogens (tertiary/aromatic N) is 4. The summed E-state index contributed by atoms with van der Waals surface area (Å²) in [6, 6.07) is 1.62. The third-order valence-electron chi connectivity index (χ3n) is 3.96. The van der Waals surface area contributed by atoms with E-state index in [1.807, 2.05) is 0 Å². The topological polar surface area (TPSA) is 130 Å². The molecule has 0 saturated heterocycles. The van der Waals surface area contributed by atoms with E-state index >= 15 is 0 Å². The maximum Gasteiger partial charge on any atom is 0.300 e. The van der Waals surface area contributed by atoms with Crippen LogP contribution in [0.5, 0.6) is 0 Å². The number of alkyl halides is 2. The lowest BCUT2D eigenvalue weighted by Gasteiger charge is -2.29. The Labute approximate surface area is 179 Å². The van der Waals surface area contributed by atoms with Gasteiger partial charge in [0.15, 0.2) is 0 Å². The summed E-state index contributed by atoms with van der Waals surface area (Å²) in [4.78, 5) is 37.6. The SMILES string of the molecule is CC(C)N(CCO)C(=O)c1cc([N+](=O)[O-])cc([N+](=O)[O-])c1N(CCBr)CCBr. The van der Waals surface area contributed by atoms with Crippen molar-refractivity contribution in [3.63, 3.8) is 0 Å². The van der Waals surface area contributed by atoms with E-state index in [-0.39, 0.29) is 30.4 Å². The molecule has 0 aromatic heterocycles. The summed E-state index contributed by atoms with van der Waals surface area (Å²) in [5.41, 5.74) is -1.15. The van der Waals surface area contributed by atoms with Crippen molar-refractivity contribution >= 4 is 54.8 Å². The summed E-state index contributed by atoms with van der Waals surface area (Å²) in [5.74, 6) is -0.611. The van der Waals surface area contributed by atoms with Gasteiger partial charge in [-0.15, -0.1) is 0 Å². The van der Waals surface area contributed by atoms with Crippen LogP contribution in [0.2, 0.25) is 0 Å². The molecule has 10 nitrogen and oxygen atoms in total. The highest BCUT2D eigenvalue weighted by atomic mass is 79.9. The van der Waals surface area contributed by atoms with Crippen LogP contribution >= 0.6 is 31.9 Å². The molecule has 0 spiro atoms. The number of aliphatic hydroxyl groups excluding tert-OH is 1. The lowest BCUT2D eigenvalue weighted by Crippen LogP contribution is -2.40. The van der Waals surface area contributed by atoms with E-state index in [1.54, 1.807) is 18.7 Å². The molecule has 12 heteroatoms. The number of amides is 1. The first-order chi connectivity index (χ1) is 13.2. The van der Waals surface area contributed by atoms with E-state index in [0.29, 0.717) is 23.7 Å². The van der Waals surface area contributed by atoms with Gasteiger partial charge in [-0.25, -0.2) is 0 Å². The second-order valence-electron chi connectivity index (χ2n) is 6.06. The Balaban J connectivity index is 3.79. The molecular weight excluding hydrogens is 504 g/mol. The monoisotopic (exact) mass is 524 g/mol. The molecule has 0 aliphatic rings. The Morgan fingerprint density at radius 3 is 2.07 bits per heavy atom. The van der Waals surface area contributed by atoms with Crippen molar-refractivity contribution in [1.82, 2.24) is 4.90 Å². The molecule has 1 rings (SSSR count). The summed E-state index contributed by atoms with van der Waals surface area (Å²) >= 11 is 6.58. The Morgan fingerprint density at radius 1 is 1.11 bits per heavy atom. The smallest absolute Gasteiger partial charge is 0.300 e. The molecule has 0 bridgehead atoms. The van der Waals surface area contributed by atoms with Crippen LogP contribution in [0.4, 0.5) is 17.1 Å². The van der Waals surface area contributed by atoms with E-state index in [9.17, 15) is 30.1 Å². The number of hydrogen-bond acceptors (Lipinski definition) is 7. The minimum Gasteiger partial charge on any atom is -0.395 e. The minimum absolute atomic E-state index is 0.00329. The van der Waals surface area contributed by atoms with Gasteiger partial charge in [-0.1, -0.05) is 31.9 Å². The summed E-state index contributed by atoms with van der Waals surface area (Å²) in [5, 5.41) is 33.2. The lowest BCUT2D eigenvalue weighted by atomic mass is 10.1.